The number of halogens is 1. The fourth-order valence-corrected chi connectivity index (χ4v) is 3.73. The van der Waals surface area contributed by atoms with Crippen molar-refractivity contribution in [3.05, 3.63) is 52.3 Å². The number of aryl methyl sites for hydroxylation is 1. The summed E-state index contributed by atoms with van der Waals surface area (Å²) in [4.78, 5) is 17.1. The molecule has 0 N–H and O–H groups in total. The normalized spacial score (nSPS) is 18.0. The van der Waals surface area contributed by atoms with E-state index >= 15 is 0 Å². The summed E-state index contributed by atoms with van der Waals surface area (Å²) < 4.78 is 1.59. The second-order valence-corrected chi connectivity index (χ2v) is 7.40. The van der Waals surface area contributed by atoms with Crippen molar-refractivity contribution in [2.75, 3.05) is 20.6 Å². The van der Waals surface area contributed by atoms with Gasteiger partial charge >= 0.3 is 0 Å². The van der Waals surface area contributed by atoms with E-state index in [0.717, 1.165) is 32.4 Å². The van der Waals surface area contributed by atoms with Gasteiger partial charge in [0.1, 0.15) is 0 Å². The molecule has 1 aliphatic heterocycles. The Bertz CT molecular complexity index is 738. The van der Waals surface area contributed by atoms with Crippen molar-refractivity contribution in [3.8, 4) is 0 Å². The van der Waals surface area contributed by atoms with Gasteiger partial charge in [-0.25, -0.2) is 0 Å². The number of hydrogen-bond acceptors (Lipinski definition) is 3. The Labute approximate surface area is 154 Å². The molecular formula is C19H25ClN4O. The van der Waals surface area contributed by atoms with Crippen molar-refractivity contribution in [2.45, 2.75) is 31.8 Å². The molecule has 0 spiro atoms. The van der Waals surface area contributed by atoms with Gasteiger partial charge in [0.05, 0.1) is 11.1 Å². The molecule has 3 rings (SSSR count). The van der Waals surface area contributed by atoms with E-state index in [1.54, 1.807) is 17.9 Å². The van der Waals surface area contributed by atoms with Crippen LogP contribution in [0.25, 0.3) is 0 Å². The molecule has 134 valence electrons. The van der Waals surface area contributed by atoms with Gasteiger partial charge in [0.2, 0.25) is 0 Å². The molecule has 6 heteroatoms. The Hall–Kier alpha value is -1.85. The molecule has 1 aromatic heterocycles. The summed E-state index contributed by atoms with van der Waals surface area (Å²) in [5.74, 6) is -0.0762. The zero-order valence-corrected chi connectivity index (χ0v) is 15.8. The Morgan fingerprint density at radius 1 is 1.28 bits per heavy atom. The van der Waals surface area contributed by atoms with Crippen LogP contribution in [0.4, 0.5) is 0 Å². The molecule has 2 aromatic rings. The van der Waals surface area contributed by atoms with Gasteiger partial charge < -0.3 is 9.80 Å². The van der Waals surface area contributed by atoms with Crippen LogP contribution in [0.15, 0.2) is 30.5 Å². The fourth-order valence-electron chi connectivity index (χ4n) is 3.47. The molecule has 1 saturated heterocycles. The number of piperidine rings is 1. The molecule has 0 aliphatic carbocycles. The first-order valence-corrected chi connectivity index (χ1v) is 9.07. The second-order valence-electron chi connectivity index (χ2n) is 6.99. The van der Waals surface area contributed by atoms with Crippen LogP contribution in [0.1, 0.15) is 46.9 Å². The van der Waals surface area contributed by atoms with E-state index in [-0.39, 0.29) is 11.9 Å². The molecule has 1 atom stereocenters. The zero-order valence-electron chi connectivity index (χ0n) is 15.1. The quantitative estimate of drug-likeness (QED) is 0.837. The summed E-state index contributed by atoms with van der Waals surface area (Å²) in [5, 5.41) is 4.66. The largest absolute Gasteiger partial charge is 0.330 e. The van der Waals surface area contributed by atoms with Gasteiger partial charge in [0.25, 0.3) is 5.91 Å². The summed E-state index contributed by atoms with van der Waals surface area (Å²) in [5.41, 5.74) is 2.80. The van der Waals surface area contributed by atoms with Crippen molar-refractivity contribution in [2.24, 2.45) is 7.05 Å². The number of rotatable bonds is 4. The predicted octanol–water partition coefficient (Wildman–Crippen LogP) is 3.50. The molecule has 0 bridgehead atoms. The van der Waals surface area contributed by atoms with Crippen LogP contribution in [0.3, 0.4) is 0 Å². The standard InChI is InChI=1S/C19H25ClN4O/c1-22(2)12-14-7-9-15(10-8-14)17-6-4-5-11-24(17)19(25)18-16(20)13-23(3)21-18/h7-10,13,17H,4-6,11-12H2,1-3H3/t17-/m1/s1. The van der Waals surface area contributed by atoms with Gasteiger partial charge in [-0.2, -0.15) is 5.10 Å². The topological polar surface area (TPSA) is 41.4 Å². The van der Waals surface area contributed by atoms with E-state index in [1.807, 2.05) is 4.90 Å². The van der Waals surface area contributed by atoms with Crippen LogP contribution in [0, 0.1) is 0 Å². The minimum atomic E-state index is -0.0762. The first-order valence-electron chi connectivity index (χ1n) is 8.69. The van der Waals surface area contributed by atoms with Crippen LogP contribution < -0.4 is 0 Å². The van der Waals surface area contributed by atoms with E-state index in [4.69, 9.17) is 11.6 Å². The third-order valence-electron chi connectivity index (χ3n) is 4.61. The van der Waals surface area contributed by atoms with E-state index < -0.39 is 0 Å². The lowest BCUT2D eigenvalue weighted by Crippen LogP contribution is -2.38. The lowest BCUT2D eigenvalue weighted by Gasteiger charge is -2.36. The molecule has 5 nitrogen and oxygen atoms in total. The monoisotopic (exact) mass is 360 g/mol. The van der Waals surface area contributed by atoms with Crippen molar-refractivity contribution in [1.82, 2.24) is 19.6 Å². The summed E-state index contributed by atoms with van der Waals surface area (Å²) in [6.07, 6.45) is 4.79. The van der Waals surface area contributed by atoms with Gasteiger partial charge in [-0.3, -0.25) is 9.48 Å². The van der Waals surface area contributed by atoms with Gasteiger partial charge in [-0.1, -0.05) is 35.9 Å². The molecule has 1 amide bonds. The molecule has 25 heavy (non-hydrogen) atoms. The smallest absolute Gasteiger partial charge is 0.276 e. The average molecular weight is 361 g/mol. The highest BCUT2D eigenvalue weighted by molar-refractivity contribution is 6.33. The summed E-state index contributed by atoms with van der Waals surface area (Å²) in [6, 6.07) is 8.69. The van der Waals surface area contributed by atoms with E-state index in [9.17, 15) is 4.79 Å². The maximum absolute atomic E-state index is 13.0. The lowest BCUT2D eigenvalue weighted by molar-refractivity contribution is 0.0605. The summed E-state index contributed by atoms with van der Waals surface area (Å²) in [7, 11) is 5.90. The number of aromatic nitrogens is 2. The number of hydrogen-bond donors (Lipinski definition) is 0. The number of carbonyl (C=O) groups excluding carboxylic acids is 1. The molecule has 0 saturated carbocycles. The van der Waals surface area contributed by atoms with Gasteiger partial charge in [0.15, 0.2) is 5.69 Å². The maximum Gasteiger partial charge on any atom is 0.276 e. The summed E-state index contributed by atoms with van der Waals surface area (Å²) in [6.45, 7) is 1.66. The second kappa shape index (κ2) is 7.58. The Balaban J connectivity index is 1.83. The summed E-state index contributed by atoms with van der Waals surface area (Å²) >= 11 is 6.19. The minimum absolute atomic E-state index is 0.0762. The van der Waals surface area contributed by atoms with E-state index in [1.165, 1.54) is 11.1 Å². The number of carbonyl (C=O) groups is 1. The molecular weight excluding hydrogens is 336 g/mol. The first-order chi connectivity index (χ1) is 12.0. The highest BCUT2D eigenvalue weighted by Gasteiger charge is 2.31. The van der Waals surface area contributed by atoms with Crippen molar-refractivity contribution >= 4 is 17.5 Å². The van der Waals surface area contributed by atoms with E-state index in [0.29, 0.717) is 10.7 Å². The highest BCUT2D eigenvalue weighted by atomic mass is 35.5. The first kappa shape index (κ1) is 18.0. The third-order valence-corrected chi connectivity index (χ3v) is 4.89. The zero-order chi connectivity index (χ0) is 18.0. The Morgan fingerprint density at radius 3 is 2.60 bits per heavy atom. The fraction of sp³-hybridized carbons (Fsp3) is 0.474. The third kappa shape index (κ3) is 4.05. The molecule has 1 aliphatic rings. The number of nitrogens with zero attached hydrogens (tertiary/aromatic N) is 4. The van der Waals surface area contributed by atoms with Crippen molar-refractivity contribution in [3.63, 3.8) is 0 Å². The molecule has 0 radical (unpaired) electrons. The Morgan fingerprint density at radius 2 is 2.00 bits per heavy atom. The lowest BCUT2D eigenvalue weighted by atomic mass is 9.94. The van der Waals surface area contributed by atoms with Gasteiger partial charge in [-0.15, -0.1) is 0 Å². The van der Waals surface area contributed by atoms with Crippen molar-refractivity contribution < 1.29 is 4.79 Å². The van der Waals surface area contributed by atoms with Crippen LogP contribution >= 0.6 is 11.6 Å². The molecule has 2 heterocycles. The SMILES string of the molecule is CN(C)Cc1ccc([C@H]2CCCCN2C(=O)c2nn(C)cc2Cl)cc1. The number of benzene rings is 1. The predicted molar refractivity (Wildman–Crippen MR) is 99.7 cm³/mol. The molecule has 1 fully saturated rings. The Kier molecular flexibility index (Phi) is 5.45. The van der Waals surface area contributed by atoms with Gasteiger partial charge in [0, 0.05) is 26.3 Å². The van der Waals surface area contributed by atoms with Crippen LogP contribution in [0.2, 0.25) is 5.02 Å². The maximum atomic E-state index is 13.0. The van der Waals surface area contributed by atoms with E-state index in [2.05, 4.69) is 48.4 Å². The number of amides is 1. The van der Waals surface area contributed by atoms with Crippen LogP contribution in [-0.2, 0) is 13.6 Å². The van der Waals surface area contributed by atoms with Crippen LogP contribution in [-0.4, -0.2) is 46.1 Å². The van der Waals surface area contributed by atoms with Crippen molar-refractivity contribution in [1.29, 1.82) is 0 Å². The van der Waals surface area contributed by atoms with Gasteiger partial charge in [-0.05, 0) is 44.5 Å². The van der Waals surface area contributed by atoms with Crippen LogP contribution in [0.5, 0.6) is 0 Å². The molecule has 1 aromatic carbocycles. The highest BCUT2D eigenvalue weighted by Crippen LogP contribution is 2.33. The number of likely N-dealkylation sites (tertiary alicyclic amines) is 1. The average Bonchev–Trinajstić information content (AvgIpc) is 2.93. The minimum Gasteiger partial charge on any atom is -0.330 e. The molecule has 0 unspecified atom stereocenters.